The van der Waals surface area contributed by atoms with Gasteiger partial charge in [-0.15, -0.1) is 0 Å². The van der Waals surface area contributed by atoms with Crippen LogP contribution < -0.4 is 5.32 Å². The minimum Gasteiger partial charge on any atom is -0.352 e. The molecule has 0 bridgehead atoms. The molecule has 0 aliphatic rings. The lowest BCUT2D eigenvalue weighted by Gasteiger charge is -2.15. The lowest BCUT2D eigenvalue weighted by Crippen LogP contribution is -2.26. The largest absolute Gasteiger partial charge is 0.352 e. The van der Waals surface area contributed by atoms with Crippen molar-refractivity contribution in [3.05, 3.63) is 143 Å². The number of para-hydroxylation sites is 2. The lowest BCUT2D eigenvalue weighted by molar-refractivity contribution is 0.0953. The molecule has 0 radical (unpaired) electrons. The van der Waals surface area contributed by atoms with Gasteiger partial charge in [-0.25, -0.2) is 4.68 Å². The summed E-state index contributed by atoms with van der Waals surface area (Å²) in [5.41, 5.74) is 11.0. The molecule has 41 heavy (non-hydrogen) atoms. The van der Waals surface area contributed by atoms with Gasteiger partial charge >= 0.3 is 0 Å². The molecule has 6 rings (SSSR count). The minimum atomic E-state index is -0.106. The van der Waals surface area contributed by atoms with E-state index >= 15 is 0 Å². The Labute approximate surface area is 241 Å². The first-order valence-electron chi connectivity index (χ1n) is 14.1. The van der Waals surface area contributed by atoms with E-state index in [-0.39, 0.29) is 5.91 Å². The summed E-state index contributed by atoms with van der Waals surface area (Å²) in [4.78, 5) is 13.3. The number of fused-ring (bicyclic) bond motifs is 1. The smallest absolute Gasteiger partial charge is 0.254 e. The molecule has 0 saturated heterocycles. The monoisotopic (exact) mass is 538 g/mol. The van der Waals surface area contributed by atoms with E-state index in [1.807, 2.05) is 41.9 Å². The standard InChI is InChI=1S/C36H34N4O/c1-25-18-19-26(2)29(22-25)24-39-34-17-11-10-16-31(34)32(35(39)28-12-6-4-7-13-28)20-21-37-36(41)33-23-38-40(27(33)3)30-14-8-5-9-15-30/h4-19,22-23H,20-21,24H2,1-3H3,(H,37,41). The molecule has 204 valence electrons. The number of amides is 1. The van der Waals surface area contributed by atoms with Crippen LogP contribution in [0.4, 0.5) is 0 Å². The molecule has 0 unspecified atom stereocenters. The van der Waals surface area contributed by atoms with Crippen LogP contribution in [0.2, 0.25) is 0 Å². The summed E-state index contributed by atoms with van der Waals surface area (Å²) in [5, 5.41) is 8.87. The molecule has 2 aromatic heterocycles. The Morgan fingerprint density at radius 3 is 2.32 bits per heavy atom. The minimum absolute atomic E-state index is 0.106. The fourth-order valence-electron chi connectivity index (χ4n) is 5.72. The molecule has 0 aliphatic heterocycles. The van der Waals surface area contributed by atoms with Crippen molar-refractivity contribution in [1.29, 1.82) is 0 Å². The van der Waals surface area contributed by atoms with E-state index in [0.717, 1.165) is 17.9 Å². The first kappa shape index (κ1) is 26.3. The first-order valence-corrected chi connectivity index (χ1v) is 14.1. The van der Waals surface area contributed by atoms with Crippen LogP contribution in [0.5, 0.6) is 0 Å². The summed E-state index contributed by atoms with van der Waals surface area (Å²) in [5.74, 6) is -0.106. The lowest BCUT2D eigenvalue weighted by atomic mass is 10.0. The first-order chi connectivity index (χ1) is 20.0. The summed E-state index contributed by atoms with van der Waals surface area (Å²) >= 11 is 0. The van der Waals surface area contributed by atoms with E-state index in [1.54, 1.807) is 6.20 Å². The maximum Gasteiger partial charge on any atom is 0.254 e. The van der Waals surface area contributed by atoms with Crippen LogP contribution >= 0.6 is 0 Å². The van der Waals surface area contributed by atoms with Crippen molar-refractivity contribution in [3.63, 3.8) is 0 Å². The normalized spacial score (nSPS) is 11.2. The number of aryl methyl sites for hydroxylation is 2. The van der Waals surface area contributed by atoms with Gasteiger partial charge in [0, 0.05) is 24.0 Å². The van der Waals surface area contributed by atoms with Gasteiger partial charge < -0.3 is 9.88 Å². The molecule has 0 fully saturated rings. The van der Waals surface area contributed by atoms with E-state index in [9.17, 15) is 4.79 Å². The number of hydrogen-bond acceptors (Lipinski definition) is 2. The number of benzene rings is 4. The highest BCUT2D eigenvalue weighted by atomic mass is 16.1. The maximum absolute atomic E-state index is 13.3. The summed E-state index contributed by atoms with van der Waals surface area (Å²) in [7, 11) is 0. The van der Waals surface area contributed by atoms with Gasteiger partial charge in [0.15, 0.2) is 0 Å². The molecule has 1 amide bonds. The van der Waals surface area contributed by atoms with Crippen molar-refractivity contribution >= 4 is 16.8 Å². The molecular weight excluding hydrogens is 504 g/mol. The number of aromatic nitrogens is 3. The van der Waals surface area contributed by atoms with Gasteiger partial charge in [0.05, 0.1) is 28.8 Å². The van der Waals surface area contributed by atoms with Gasteiger partial charge in [-0.3, -0.25) is 4.79 Å². The van der Waals surface area contributed by atoms with Gasteiger partial charge in [0.2, 0.25) is 0 Å². The predicted molar refractivity (Wildman–Crippen MR) is 167 cm³/mol. The Morgan fingerprint density at radius 2 is 1.54 bits per heavy atom. The van der Waals surface area contributed by atoms with Gasteiger partial charge in [0.25, 0.3) is 5.91 Å². The van der Waals surface area contributed by atoms with Crippen molar-refractivity contribution in [2.45, 2.75) is 33.7 Å². The average Bonchev–Trinajstić information content (AvgIpc) is 3.53. The highest BCUT2D eigenvalue weighted by Gasteiger charge is 2.20. The van der Waals surface area contributed by atoms with Crippen LogP contribution in [-0.4, -0.2) is 26.8 Å². The molecule has 1 N–H and O–H groups in total. The number of nitrogens with zero attached hydrogens (tertiary/aromatic N) is 3. The van der Waals surface area contributed by atoms with E-state index < -0.39 is 0 Å². The van der Waals surface area contributed by atoms with Gasteiger partial charge in [0.1, 0.15) is 0 Å². The quantitative estimate of drug-likeness (QED) is 0.219. The van der Waals surface area contributed by atoms with Crippen LogP contribution in [0.25, 0.3) is 27.8 Å². The number of hydrogen-bond donors (Lipinski definition) is 1. The average molecular weight is 539 g/mol. The zero-order valence-corrected chi connectivity index (χ0v) is 23.8. The van der Waals surface area contributed by atoms with E-state index in [2.05, 4.69) is 102 Å². The summed E-state index contributed by atoms with van der Waals surface area (Å²) in [6.45, 7) is 7.56. The second-order valence-electron chi connectivity index (χ2n) is 10.6. The Bertz CT molecular complexity index is 1830. The second-order valence-corrected chi connectivity index (χ2v) is 10.6. The maximum atomic E-state index is 13.3. The highest BCUT2D eigenvalue weighted by molar-refractivity contribution is 5.95. The third kappa shape index (κ3) is 5.19. The summed E-state index contributed by atoms with van der Waals surface area (Å²) in [6.07, 6.45) is 2.37. The summed E-state index contributed by atoms with van der Waals surface area (Å²) < 4.78 is 4.25. The van der Waals surface area contributed by atoms with Gasteiger partial charge in [-0.2, -0.15) is 5.10 Å². The Kier molecular flexibility index (Phi) is 7.26. The molecule has 6 aromatic rings. The Morgan fingerprint density at radius 1 is 0.829 bits per heavy atom. The third-order valence-corrected chi connectivity index (χ3v) is 7.87. The van der Waals surface area contributed by atoms with Crippen molar-refractivity contribution in [3.8, 4) is 16.9 Å². The zero-order valence-electron chi connectivity index (χ0n) is 23.8. The molecule has 0 atom stereocenters. The van der Waals surface area contributed by atoms with Crippen LogP contribution in [0.3, 0.4) is 0 Å². The van der Waals surface area contributed by atoms with E-state index in [1.165, 1.54) is 44.4 Å². The predicted octanol–water partition coefficient (Wildman–Crippen LogP) is 7.44. The Balaban J connectivity index is 1.33. The molecule has 4 aromatic carbocycles. The van der Waals surface area contributed by atoms with Crippen LogP contribution in [0.15, 0.2) is 109 Å². The number of carbonyl (C=O) groups is 1. The molecule has 5 heteroatoms. The van der Waals surface area contributed by atoms with E-state index in [0.29, 0.717) is 18.5 Å². The Hall–Kier alpha value is -4.90. The topological polar surface area (TPSA) is 51.9 Å². The number of carbonyl (C=O) groups excluding carboxylic acids is 1. The highest BCUT2D eigenvalue weighted by Crippen LogP contribution is 2.35. The van der Waals surface area contributed by atoms with Crippen LogP contribution in [0, 0.1) is 20.8 Å². The van der Waals surface area contributed by atoms with Crippen LogP contribution in [-0.2, 0) is 13.0 Å². The molecule has 2 heterocycles. The fraction of sp³-hybridized carbons (Fsp3) is 0.167. The van der Waals surface area contributed by atoms with Crippen molar-refractivity contribution in [2.24, 2.45) is 0 Å². The SMILES string of the molecule is Cc1ccc(C)c(Cn2c(-c3ccccc3)c(CCNC(=O)c3cnn(-c4ccccc4)c3C)c3ccccc32)c1. The van der Waals surface area contributed by atoms with Crippen LogP contribution in [0.1, 0.15) is 38.3 Å². The molecular formula is C36H34N4O. The van der Waals surface area contributed by atoms with Crippen molar-refractivity contribution < 1.29 is 4.79 Å². The van der Waals surface area contributed by atoms with Gasteiger partial charge in [-0.1, -0.05) is 90.5 Å². The number of rotatable bonds is 8. The molecule has 0 spiro atoms. The fourth-order valence-corrected chi connectivity index (χ4v) is 5.72. The summed E-state index contributed by atoms with van der Waals surface area (Å²) in [6, 6.07) is 35.8. The third-order valence-electron chi connectivity index (χ3n) is 7.87. The molecule has 0 aliphatic carbocycles. The van der Waals surface area contributed by atoms with Crippen molar-refractivity contribution in [2.75, 3.05) is 6.54 Å². The molecule has 5 nitrogen and oxygen atoms in total. The van der Waals surface area contributed by atoms with Crippen molar-refractivity contribution in [1.82, 2.24) is 19.7 Å². The van der Waals surface area contributed by atoms with Gasteiger partial charge in [-0.05, 0) is 67.6 Å². The zero-order chi connectivity index (χ0) is 28.3. The molecule has 0 saturated carbocycles. The van der Waals surface area contributed by atoms with E-state index in [4.69, 9.17) is 0 Å². The number of nitrogens with one attached hydrogen (secondary N) is 1. The second kappa shape index (κ2) is 11.3.